The molecule has 2 heterocycles. The molecule has 0 aliphatic rings. The Labute approximate surface area is 154 Å². The Morgan fingerprint density at radius 2 is 1.96 bits per heavy atom. The summed E-state index contributed by atoms with van der Waals surface area (Å²) in [6.45, 7) is 3.25. The predicted octanol–water partition coefficient (Wildman–Crippen LogP) is 2.40. The Kier molecular flexibility index (Phi) is 5.20. The molecular weight excluding hydrogens is 352 g/mol. The summed E-state index contributed by atoms with van der Waals surface area (Å²) in [5, 5.41) is 12.5. The van der Waals surface area contributed by atoms with Gasteiger partial charge in [0.05, 0.1) is 7.11 Å². The fraction of sp³-hybridized carbons (Fsp3) is 0.222. The van der Waals surface area contributed by atoms with Gasteiger partial charge in [0.15, 0.2) is 17.3 Å². The highest BCUT2D eigenvalue weighted by Crippen LogP contribution is 2.24. The molecule has 9 heteroatoms. The van der Waals surface area contributed by atoms with Crippen LogP contribution in [0.25, 0.3) is 11.3 Å². The summed E-state index contributed by atoms with van der Waals surface area (Å²) in [7, 11) is 1.56. The second-order valence-corrected chi connectivity index (χ2v) is 5.82. The number of anilines is 1. The van der Waals surface area contributed by atoms with Crippen molar-refractivity contribution >= 4 is 17.6 Å². The zero-order chi connectivity index (χ0) is 19.4. The van der Waals surface area contributed by atoms with Gasteiger partial charge >= 0.3 is 0 Å². The lowest BCUT2D eigenvalue weighted by molar-refractivity contribution is -0.117. The quantitative estimate of drug-likeness (QED) is 0.684. The molecular formula is C18H18N4O5. The molecule has 0 fully saturated rings. The Balaban J connectivity index is 1.64. The maximum Gasteiger partial charge on any atom is 0.274 e. The highest BCUT2D eigenvalue weighted by Gasteiger charge is 2.20. The molecule has 27 heavy (non-hydrogen) atoms. The van der Waals surface area contributed by atoms with Gasteiger partial charge in [0, 0.05) is 17.7 Å². The maximum absolute atomic E-state index is 12.3. The van der Waals surface area contributed by atoms with E-state index < -0.39 is 17.9 Å². The SMILES string of the molecule is COc1cccc(-c2cc(C(=O)N[C@@H](C)C(=O)Nc3cc(C)on3)no2)c1. The van der Waals surface area contributed by atoms with Crippen molar-refractivity contribution in [2.45, 2.75) is 19.9 Å². The summed E-state index contributed by atoms with van der Waals surface area (Å²) >= 11 is 0. The predicted molar refractivity (Wildman–Crippen MR) is 95.3 cm³/mol. The monoisotopic (exact) mass is 370 g/mol. The number of rotatable bonds is 6. The van der Waals surface area contributed by atoms with Crippen LogP contribution in [0.2, 0.25) is 0 Å². The lowest BCUT2D eigenvalue weighted by atomic mass is 10.1. The van der Waals surface area contributed by atoms with Gasteiger partial charge in [0.1, 0.15) is 17.6 Å². The van der Waals surface area contributed by atoms with Crippen molar-refractivity contribution in [1.29, 1.82) is 0 Å². The van der Waals surface area contributed by atoms with E-state index in [4.69, 9.17) is 13.8 Å². The summed E-state index contributed by atoms with van der Waals surface area (Å²) in [4.78, 5) is 24.4. The van der Waals surface area contributed by atoms with Crippen LogP contribution < -0.4 is 15.4 Å². The smallest absolute Gasteiger partial charge is 0.274 e. The van der Waals surface area contributed by atoms with Crippen molar-refractivity contribution in [3.63, 3.8) is 0 Å². The molecule has 0 saturated carbocycles. The number of carbonyl (C=O) groups is 2. The summed E-state index contributed by atoms with van der Waals surface area (Å²) < 4.78 is 15.3. The number of nitrogens with zero attached hydrogens (tertiary/aromatic N) is 2. The van der Waals surface area contributed by atoms with E-state index in [1.165, 1.54) is 6.07 Å². The molecule has 1 atom stereocenters. The standard InChI is InChI=1S/C18H18N4O5/c1-10-7-16(22-26-10)20-17(23)11(2)19-18(24)14-9-15(27-21-14)12-5-4-6-13(8-12)25-3/h4-9,11H,1-3H3,(H,19,24)(H,20,22,23)/t11-/m0/s1. The number of aromatic nitrogens is 2. The maximum atomic E-state index is 12.3. The van der Waals surface area contributed by atoms with Gasteiger partial charge in [0.25, 0.3) is 5.91 Å². The first kappa shape index (κ1) is 18.2. The van der Waals surface area contributed by atoms with Gasteiger partial charge in [-0.1, -0.05) is 22.4 Å². The lowest BCUT2D eigenvalue weighted by Crippen LogP contribution is -2.41. The van der Waals surface area contributed by atoms with E-state index in [-0.39, 0.29) is 11.5 Å². The van der Waals surface area contributed by atoms with Gasteiger partial charge < -0.3 is 24.4 Å². The van der Waals surface area contributed by atoms with E-state index in [9.17, 15) is 9.59 Å². The zero-order valence-electron chi connectivity index (χ0n) is 15.0. The van der Waals surface area contributed by atoms with Crippen LogP contribution in [0.15, 0.2) is 45.4 Å². The van der Waals surface area contributed by atoms with Gasteiger partial charge in [-0.05, 0) is 26.0 Å². The van der Waals surface area contributed by atoms with E-state index in [1.54, 1.807) is 51.3 Å². The number of benzene rings is 1. The molecule has 0 aliphatic heterocycles. The van der Waals surface area contributed by atoms with E-state index in [0.29, 0.717) is 22.8 Å². The molecule has 0 saturated heterocycles. The second kappa shape index (κ2) is 7.73. The minimum absolute atomic E-state index is 0.0600. The molecule has 140 valence electrons. The molecule has 0 aliphatic carbocycles. The molecule has 3 aromatic rings. The van der Waals surface area contributed by atoms with Crippen molar-refractivity contribution in [1.82, 2.24) is 15.6 Å². The number of ether oxygens (including phenoxy) is 1. The Morgan fingerprint density at radius 1 is 1.15 bits per heavy atom. The van der Waals surface area contributed by atoms with Crippen molar-refractivity contribution in [2.75, 3.05) is 12.4 Å². The molecule has 0 radical (unpaired) electrons. The van der Waals surface area contributed by atoms with Crippen molar-refractivity contribution in [3.8, 4) is 17.1 Å². The van der Waals surface area contributed by atoms with E-state index in [1.807, 2.05) is 0 Å². The molecule has 9 nitrogen and oxygen atoms in total. The number of nitrogens with one attached hydrogen (secondary N) is 2. The van der Waals surface area contributed by atoms with Crippen LogP contribution >= 0.6 is 0 Å². The summed E-state index contributed by atoms with van der Waals surface area (Å²) in [6.07, 6.45) is 0. The molecule has 0 unspecified atom stereocenters. The highest BCUT2D eigenvalue weighted by molar-refractivity contribution is 6.00. The van der Waals surface area contributed by atoms with Crippen molar-refractivity contribution in [3.05, 3.63) is 47.9 Å². The van der Waals surface area contributed by atoms with Crippen LogP contribution in [0, 0.1) is 6.92 Å². The molecule has 0 spiro atoms. The lowest BCUT2D eigenvalue weighted by Gasteiger charge is -2.11. The number of hydrogen-bond donors (Lipinski definition) is 2. The fourth-order valence-electron chi connectivity index (χ4n) is 2.29. The van der Waals surface area contributed by atoms with E-state index in [0.717, 1.165) is 0 Å². The summed E-state index contributed by atoms with van der Waals surface area (Å²) in [6, 6.07) is 9.42. The van der Waals surface area contributed by atoms with E-state index >= 15 is 0 Å². The van der Waals surface area contributed by atoms with Crippen LogP contribution in [0.4, 0.5) is 5.82 Å². The van der Waals surface area contributed by atoms with Crippen molar-refractivity contribution < 1.29 is 23.4 Å². The summed E-state index contributed by atoms with van der Waals surface area (Å²) in [5.41, 5.74) is 0.776. The van der Waals surface area contributed by atoms with Gasteiger partial charge in [0.2, 0.25) is 5.91 Å². The summed E-state index contributed by atoms with van der Waals surface area (Å²) in [5.74, 6) is 0.938. The Bertz CT molecular complexity index is 962. The van der Waals surface area contributed by atoms with Gasteiger partial charge in [-0.3, -0.25) is 9.59 Å². The normalized spacial score (nSPS) is 11.7. The first-order chi connectivity index (χ1) is 13.0. The van der Waals surface area contributed by atoms with Gasteiger partial charge in [-0.15, -0.1) is 0 Å². The van der Waals surface area contributed by atoms with Crippen LogP contribution in [-0.2, 0) is 4.79 Å². The van der Waals surface area contributed by atoms with Crippen LogP contribution in [0.3, 0.4) is 0 Å². The molecule has 3 rings (SSSR count). The molecule has 2 aromatic heterocycles. The van der Waals surface area contributed by atoms with E-state index in [2.05, 4.69) is 20.9 Å². The van der Waals surface area contributed by atoms with Crippen LogP contribution in [0.1, 0.15) is 23.2 Å². The molecule has 1 aromatic carbocycles. The van der Waals surface area contributed by atoms with Crippen LogP contribution in [0.5, 0.6) is 5.75 Å². The largest absolute Gasteiger partial charge is 0.497 e. The molecule has 0 bridgehead atoms. The Hall–Kier alpha value is -3.62. The third-order valence-corrected chi connectivity index (χ3v) is 3.72. The first-order valence-electron chi connectivity index (χ1n) is 8.12. The highest BCUT2D eigenvalue weighted by atomic mass is 16.5. The zero-order valence-corrected chi connectivity index (χ0v) is 15.0. The topological polar surface area (TPSA) is 119 Å². The molecule has 2 N–H and O–H groups in total. The minimum atomic E-state index is -0.813. The van der Waals surface area contributed by atoms with Crippen LogP contribution in [-0.4, -0.2) is 35.3 Å². The second-order valence-electron chi connectivity index (χ2n) is 5.82. The number of carbonyl (C=O) groups excluding carboxylic acids is 2. The number of hydrogen-bond acceptors (Lipinski definition) is 7. The average Bonchev–Trinajstić information content (AvgIpc) is 3.31. The fourth-order valence-corrected chi connectivity index (χ4v) is 2.29. The third-order valence-electron chi connectivity index (χ3n) is 3.72. The van der Waals surface area contributed by atoms with Crippen molar-refractivity contribution in [2.24, 2.45) is 0 Å². The van der Waals surface area contributed by atoms with Gasteiger partial charge in [-0.25, -0.2) is 0 Å². The van der Waals surface area contributed by atoms with Gasteiger partial charge in [-0.2, -0.15) is 0 Å². The number of methoxy groups -OCH3 is 1. The first-order valence-corrected chi connectivity index (χ1v) is 8.12. The number of aryl methyl sites for hydroxylation is 1. The minimum Gasteiger partial charge on any atom is -0.497 e. The third kappa shape index (κ3) is 4.32. The average molecular weight is 370 g/mol. The molecule has 2 amide bonds. The number of amides is 2. The Morgan fingerprint density at radius 3 is 2.67 bits per heavy atom.